The molecule has 0 aliphatic carbocycles. The van der Waals surface area contributed by atoms with E-state index in [4.69, 9.17) is 17.1 Å². The summed E-state index contributed by atoms with van der Waals surface area (Å²) in [6.07, 6.45) is -0.610. The predicted octanol–water partition coefficient (Wildman–Crippen LogP) is 3.10. The molecule has 0 spiro atoms. The fourth-order valence-corrected chi connectivity index (χ4v) is 1.85. The van der Waals surface area contributed by atoms with Crippen molar-refractivity contribution in [3.63, 3.8) is 0 Å². The van der Waals surface area contributed by atoms with Crippen LogP contribution in [0.2, 0.25) is 5.02 Å². The standard InChI is InChI=1S/C9H10ClN3OS/c10-7-1-3-9(4-2-7)15-6-8(14)5-12-13-11/h1-4,8,14H,5-6H2. The van der Waals surface area contributed by atoms with Gasteiger partial charge in [-0.25, -0.2) is 0 Å². The zero-order valence-corrected chi connectivity index (χ0v) is 9.45. The fourth-order valence-electron chi connectivity index (χ4n) is 0.907. The molecule has 1 rings (SSSR count). The van der Waals surface area contributed by atoms with Crippen LogP contribution in [0.3, 0.4) is 0 Å². The second-order valence-corrected chi connectivity index (χ2v) is 4.36. The normalized spacial score (nSPS) is 11.9. The molecule has 0 fully saturated rings. The van der Waals surface area contributed by atoms with E-state index >= 15 is 0 Å². The van der Waals surface area contributed by atoms with Gasteiger partial charge in [0.2, 0.25) is 0 Å². The summed E-state index contributed by atoms with van der Waals surface area (Å²) in [6, 6.07) is 7.36. The van der Waals surface area contributed by atoms with E-state index in [0.29, 0.717) is 10.8 Å². The summed E-state index contributed by atoms with van der Waals surface area (Å²) in [5.41, 5.74) is 8.06. The maximum Gasteiger partial charge on any atom is 0.0690 e. The number of nitrogens with zero attached hydrogens (tertiary/aromatic N) is 3. The Kier molecular flexibility index (Phi) is 5.36. The first-order valence-electron chi connectivity index (χ1n) is 4.29. The summed E-state index contributed by atoms with van der Waals surface area (Å²) < 4.78 is 0. The third-order valence-corrected chi connectivity index (χ3v) is 3.02. The van der Waals surface area contributed by atoms with Gasteiger partial charge in [0.25, 0.3) is 0 Å². The Morgan fingerprint density at radius 3 is 2.73 bits per heavy atom. The average Bonchev–Trinajstić information content (AvgIpc) is 2.25. The summed E-state index contributed by atoms with van der Waals surface area (Å²) in [5, 5.41) is 13.4. The molecule has 4 nitrogen and oxygen atoms in total. The van der Waals surface area contributed by atoms with Gasteiger partial charge in [0.1, 0.15) is 0 Å². The van der Waals surface area contributed by atoms with E-state index in [0.717, 1.165) is 4.90 Å². The number of aliphatic hydroxyl groups is 1. The van der Waals surface area contributed by atoms with Gasteiger partial charge in [0, 0.05) is 20.6 Å². The van der Waals surface area contributed by atoms with Crippen LogP contribution in [-0.4, -0.2) is 23.5 Å². The van der Waals surface area contributed by atoms with Gasteiger partial charge in [-0.05, 0) is 29.8 Å². The largest absolute Gasteiger partial charge is 0.392 e. The van der Waals surface area contributed by atoms with Gasteiger partial charge in [-0.15, -0.1) is 11.8 Å². The molecule has 0 saturated heterocycles. The molecule has 1 aromatic rings. The minimum atomic E-state index is -0.610. The third-order valence-electron chi connectivity index (χ3n) is 1.61. The topological polar surface area (TPSA) is 69.0 Å². The Labute approximate surface area is 96.9 Å². The van der Waals surface area contributed by atoms with Crippen LogP contribution >= 0.6 is 23.4 Å². The highest BCUT2D eigenvalue weighted by Crippen LogP contribution is 2.20. The number of benzene rings is 1. The predicted molar refractivity (Wildman–Crippen MR) is 62.2 cm³/mol. The van der Waals surface area contributed by atoms with E-state index in [-0.39, 0.29) is 6.54 Å². The molecule has 0 saturated carbocycles. The molecule has 1 unspecified atom stereocenters. The Morgan fingerprint density at radius 2 is 2.13 bits per heavy atom. The Morgan fingerprint density at radius 1 is 1.47 bits per heavy atom. The highest BCUT2D eigenvalue weighted by atomic mass is 35.5. The van der Waals surface area contributed by atoms with E-state index < -0.39 is 6.10 Å². The molecule has 1 aromatic carbocycles. The molecule has 0 bridgehead atoms. The molecule has 0 aromatic heterocycles. The summed E-state index contributed by atoms with van der Waals surface area (Å²) in [4.78, 5) is 3.61. The highest BCUT2D eigenvalue weighted by Gasteiger charge is 2.03. The van der Waals surface area contributed by atoms with Crippen LogP contribution in [0.5, 0.6) is 0 Å². The molecule has 0 aliphatic heterocycles. The Hall–Kier alpha value is -0.870. The summed E-state index contributed by atoms with van der Waals surface area (Å²) in [5.74, 6) is 0.501. The van der Waals surface area contributed by atoms with Crippen LogP contribution in [-0.2, 0) is 0 Å². The number of halogens is 1. The van der Waals surface area contributed by atoms with Crippen molar-refractivity contribution < 1.29 is 5.11 Å². The minimum absolute atomic E-state index is 0.108. The van der Waals surface area contributed by atoms with Crippen molar-refractivity contribution in [2.24, 2.45) is 5.11 Å². The third kappa shape index (κ3) is 4.95. The van der Waals surface area contributed by atoms with E-state index in [1.54, 1.807) is 12.1 Å². The second kappa shape index (κ2) is 6.58. The van der Waals surface area contributed by atoms with Crippen molar-refractivity contribution in [3.8, 4) is 0 Å². The lowest BCUT2D eigenvalue weighted by Gasteiger charge is -2.06. The van der Waals surface area contributed by atoms with E-state index in [2.05, 4.69) is 10.0 Å². The van der Waals surface area contributed by atoms with Gasteiger partial charge >= 0.3 is 0 Å². The van der Waals surface area contributed by atoms with Crippen molar-refractivity contribution in [2.45, 2.75) is 11.0 Å². The zero-order valence-electron chi connectivity index (χ0n) is 7.88. The molecule has 6 heteroatoms. The first kappa shape index (κ1) is 12.2. The molecule has 15 heavy (non-hydrogen) atoms. The summed E-state index contributed by atoms with van der Waals surface area (Å²) >= 11 is 7.22. The Bertz CT molecular complexity index is 351. The van der Waals surface area contributed by atoms with Crippen molar-refractivity contribution in [2.75, 3.05) is 12.3 Å². The van der Waals surface area contributed by atoms with Crippen LogP contribution < -0.4 is 0 Å². The van der Waals surface area contributed by atoms with Crippen LogP contribution in [0.15, 0.2) is 34.3 Å². The smallest absolute Gasteiger partial charge is 0.0690 e. The lowest BCUT2D eigenvalue weighted by molar-refractivity contribution is 0.208. The lowest BCUT2D eigenvalue weighted by Crippen LogP contribution is -2.13. The Balaban J connectivity index is 2.36. The van der Waals surface area contributed by atoms with Gasteiger partial charge in [-0.1, -0.05) is 16.7 Å². The van der Waals surface area contributed by atoms with E-state index in [1.807, 2.05) is 12.1 Å². The zero-order chi connectivity index (χ0) is 11.1. The first-order valence-corrected chi connectivity index (χ1v) is 5.66. The van der Waals surface area contributed by atoms with Crippen molar-refractivity contribution in [1.82, 2.24) is 0 Å². The van der Waals surface area contributed by atoms with Crippen LogP contribution in [0.1, 0.15) is 0 Å². The van der Waals surface area contributed by atoms with Gasteiger partial charge < -0.3 is 5.11 Å². The number of rotatable bonds is 5. The second-order valence-electron chi connectivity index (χ2n) is 2.83. The number of azide groups is 1. The SMILES string of the molecule is [N-]=[N+]=NCC(O)CSc1ccc(Cl)cc1. The molecular weight excluding hydrogens is 234 g/mol. The molecule has 0 heterocycles. The number of aliphatic hydroxyl groups excluding tert-OH is 1. The average molecular weight is 244 g/mol. The maximum atomic E-state index is 9.38. The van der Waals surface area contributed by atoms with Gasteiger partial charge in [0.15, 0.2) is 0 Å². The van der Waals surface area contributed by atoms with E-state index in [1.165, 1.54) is 11.8 Å². The van der Waals surface area contributed by atoms with Crippen molar-refractivity contribution >= 4 is 23.4 Å². The molecular formula is C9H10ClN3OS. The molecule has 0 radical (unpaired) electrons. The monoisotopic (exact) mass is 243 g/mol. The highest BCUT2D eigenvalue weighted by molar-refractivity contribution is 7.99. The first-order chi connectivity index (χ1) is 7.22. The number of hydrogen-bond acceptors (Lipinski definition) is 3. The van der Waals surface area contributed by atoms with E-state index in [9.17, 15) is 5.11 Å². The molecule has 0 aliphatic rings. The van der Waals surface area contributed by atoms with Gasteiger partial charge in [0.05, 0.1) is 12.6 Å². The summed E-state index contributed by atoms with van der Waals surface area (Å²) in [6.45, 7) is 0.108. The maximum absolute atomic E-state index is 9.38. The molecule has 80 valence electrons. The minimum Gasteiger partial charge on any atom is -0.392 e. The van der Waals surface area contributed by atoms with Crippen LogP contribution in [0.25, 0.3) is 10.4 Å². The van der Waals surface area contributed by atoms with Crippen molar-refractivity contribution in [3.05, 3.63) is 39.7 Å². The van der Waals surface area contributed by atoms with Gasteiger partial charge in [-0.2, -0.15) is 0 Å². The molecule has 1 N–H and O–H groups in total. The van der Waals surface area contributed by atoms with Crippen LogP contribution in [0, 0.1) is 0 Å². The number of thioether (sulfide) groups is 1. The van der Waals surface area contributed by atoms with Crippen molar-refractivity contribution in [1.29, 1.82) is 0 Å². The fraction of sp³-hybridized carbons (Fsp3) is 0.333. The lowest BCUT2D eigenvalue weighted by atomic mass is 10.4. The molecule has 0 amide bonds. The summed E-state index contributed by atoms with van der Waals surface area (Å²) in [7, 11) is 0. The van der Waals surface area contributed by atoms with Gasteiger partial charge in [-0.3, -0.25) is 0 Å². The molecule has 1 atom stereocenters. The number of hydrogen-bond donors (Lipinski definition) is 1. The quantitative estimate of drug-likeness (QED) is 0.374. The van der Waals surface area contributed by atoms with Crippen LogP contribution in [0.4, 0.5) is 0 Å².